The van der Waals surface area contributed by atoms with E-state index < -0.39 is 18.2 Å². The van der Waals surface area contributed by atoms with Crippen molar-refractivity contribution in [2.24, 2.45) is 16.9 Å². The summed E-state index contributed by atoms with van der Waals surface area (Å²) in [5, 5.41) is 7.12. The molecule has 0 fully saturated rings. The third-order valence-electron chi connectivity index (χ3n) is 1.90. The van der Waals surface area contributed by atoms with Crippen LogP contribution in [0.25, 0.3) is 0 Å². The van der Waals surface area contributed by atoms with E-state index in [1.165, 1.54) is 0 Å². The zero-order valence-corrected chi connectivity index (χ0v) is 12.2. The Morgan fingerprint density at radius 1 is 1.25 bits per heavy atom. The van der Waals surface area contributed by atoms with E-state index in [0.29, 0.717) is 13.0 Å². The minimum atomic E-state index is -5.08. The van der Waals surface area contributed by atoms with Crippen molar-refractivity contribution in [2.75, 3.05) is 6.54 Å². The Labute approximate surface area is 121 Å². The van der Waals surface area contributed by atoms with Gasteiger partial charge in [0.05, 0.1) is 0 Å². The molecule has 0 rings (SSSR count). The van der Waals surface area contributed by atoms with Gasteiger partial charge in [-0.05, 0) is 18.4 Å². The first-order valence-electron chi connectivity index (χ1n) is 5.28. The van der Waals surface area contributed by atoms with Gasteiger partial charge in [-0.25, -0.2) is 9.59 Å². The van der Waals surface area contributed by atoms with Crippen molar-refractivity contribution in [1.82, 2.24) is 0 Å². The van der Waals surface area contributed by atoms with Crippen molar-refractivity contribution < 1.29 is 32.6 Å². The van der Waals surface area contributed by atoms with Crippen molar-refractivity contribution in [1.29, 1.82) is 0 Å². The second-order valence-electron chi connectivity index (χ2n) is 4.67. The monoisotopic (exact) mass is 324 g/mol. The van der Waals surface area contributed by atoms with Crippen LogP contribution in [-0.2, 0) is 9.53 Å². The van der Waals surface area contributed by atoms with Gasteiger partial charge in [0.15, 0.2) is 0 Å². The van der Waals surface area contributed by atoms with Crippen LogP contribution < -0.4 is 11.5 Å². The lowest BCUT2D eigenvalue weighted by atomic mass is 9.87. The van der Waals surface area contributed by atoms with E-state index in [9.17, 15) is 18.0 Å². The molecule has 1 unspecified atom stereocenters. The van der Waals surface area contributed by atoms with Gasteiger partial charge in [-0.3, -0.25) is 0 Å². The standard InChI is InChI=1S/C8H18N2O2.C2HF3O2.ClH/c1-8(2,3)6(4-5-9)12-7(10)11;3-2(4,5)1(6)7;/h6H,4-5,9H2,1-3H3,(H2,10,11);(H,6,7);1H. The maximum atomic E-state index is 10.6. The number of carbonyl (C=O) groups is 2. The van der Waals surface area contributed by atoms with Crippen LogP contribution in [0.4, 0.5) is 18.0 Å². The van der Waals surface area contributed by atoms with Crippen LogP contribution in [0.1, 0.15) is 27.2 Å². The lowest BCUT2D eigenvalue weighted by Crippen LogP contribution is -2.35. The Bertz CT molecular complexity index is 306. The second kappa shape index (κ2) is 9.65. The molecular formula is C10H20ClF3N2O4. The summed E-state index contributed by atoms with van der Waals surface area (Å²) in [6, 6.07) is 0. The van der Waals surface area contributed by atoms with E-state index in [1.54, 1.807) is 0 Å². The Kier molecular flexibility index (Phi) is 11.5. The molecule has 0 aliphatic heterocycles. The fraction of sp³-hybridized carbons (Fsp3) is 0.800. The van der Waals surface area contributed by atoms with Crippen molar-refractivity contribution >= 4 is 24.5 Å². The number of rotatable bonds is 3. The zero-order valence-electron chi connectivity index (χ0n) is 11.4. The number of hydrogen-bond donors (Lipinski definition) is 3. The molecule has 0 aromatic carbocycles. The molecule has 0 saturated heterocycles. The molecule has 0 aliphatic rings. The summed E-state index contributed by atoms with van der Waals surface area (Å²) in [7, 11) is 0. The van der Waals surface area contributed by atoms with Gasteiger partial charge in [-0.2, -0.15) is 13.2 Å². The number of amides is 1. The molecule has 5 N–H and O–H groups in total. The number of carbonyl (C=O) groups excluding carboxylic acids is 1. The molecule has 0 aromatic heterocycles. The lowest BCUT2D eigenvalue weighted by molar-refractivity contribution is -0.192. The molecule has 10 heteroatoms. The minimum absolute atomic E-state index is 0. The zero-order chi connectivity index (χ0) is 15.9. The molecule has 0 saturated carbocycles. The first kappa shape index (κ1) is 23.8. The minimum Gasteiger partial charge on any atom is -0.475 e. The molecule has 0 bridgehead atoms. The highest BCUT2D eigenvalue weighted by Crippen LogP contribution is 2.24. The number of alkyl halides is 3. The smallest absolute Gasteiger partial charge is 0.475 e. The van der Waals surface area contributed by atoms with Crippen LogP contribution >= 0.6 is 12.4 Å². The quantitative estimate of drug-likeness (QED) is 0.733. The fourth-order valence-corrected chi connectivity index (χ4v) is 0.960. The highest BCUT2D eigenvalue weighted by molar-refractivity contribution is 5.85. The van der Waals surface area contributed by atoms with Crippen LogP contribution in [-0.4, -0.2) is 36.0 Å². The Hall–Kier alpha value is -1.22. The average Bonchev–Trinajstić information content (AvgIpc) is 2.14. The van der Waals surface area contributed by atoms with Crippen molar-refractivity contribution in [2.45, 2.75) is 39.5 Å². The van der Waals surface area contributed by atoms with E-state index in [2.05, 4.69) is 0 Å². The molecule has 122 valence electrons. The number of hydrogen-bond acceptors (Lipinski definition) is 4. The van der Waals surface area contributed by atoms with Crippen LogP contribution in [0.5, 0.6) is 0 Å². The summed E-state index contributed by atoms with van der Waals surface area (Å²) in [5.41, 5.74) is 10.2. The number of aliphatic carboxylic acids is 1. The lowest BCUT2D eigenvalue weighted by Gasteiger charge is -2.29. The van der Waals surface area contributed by atoms with Gasteiger partial charge in [0, 0.05) is 0 Å². The summed E-state index contributed by atoms with van der Waals surface area (Å²) < 4.78 is 36.7. The van der Waals surface area contributed by atoms with E-state index in [4.69, 9.17) is 26.1 Å². The molecule has 0 spiro atoms. The first-order chi connectivity index (χ1) is 8.32. The number of primary amides is 1. The van der Waals surface area contributed by atoms with Crippen LogP contribution in [0.3, 0.4) is 0 Å². The predicted molar refractivity (Wildman–Crippen MR) is 68.5 cm³/mol. The number of carboxylic acid groups (broad SMARTS) is 1. The van der Waals surface area contributed by atoms with E-state index in [0.717, 1.165) is 0 Å². The Morgan fingerprint density at radius 2 is 1.60 bits per heavy atom. The number of nitrogens with two attached hydrogens (primary N) is 2. The first-order valence-corrected chi connectivity index (χ1v) is 5.28. The van der Waals surface area contributed by atoms with Gasteiger partial charge in [0.2, 0.25) is 0 Å². The second-order valence-corrected chi connectivity index (χ2v) is 4.67. The third-order valence-corrected chi connectivity index (χ3v) is 1.90. The molecule has 6 nitrogen and oxygen atoms in total. The normalized spacial score (nSPS) is 12.3. The molecular weight excluding hydrogens is 305 g/mol. The molecule has 20 heavy (non-hydrogen) atoms. The van der Waals surface area contributed by atoms with Crippen LogP contribution in [0.2, 0.25) is 0 Å². The average molecular weight is 325 g/mol. The van der Waals surface area contributed by atoms with Crippen LogP contribution in [0, 0.1) is 5.41 Å². The molecule has 1 amide bonds. The molecule has 0 aliphatic carbocycles. The third kappa shape index (κ3) is 13.2. The van der Waals surface area contributed by atoms with E-state index >= 15 is 0 Å². The van der Waals surface area contributed by atoms with Gasteiger partial charge in [-0.15, -0.1) is 12.4 Å². The summed E-state index contributed by atoms with van der Waals surface area (Å²) in [6.07, 6.45) is -5.37. The molecule has 0 aromatic rings. The molecule has 0 radical (unpaired) electrons. The summed E-state index contributed by atoms with van der Waals surface area (Å²) in [5.74, 6) is -2.76. The topological polar surface area (TPSA) is 116 Å². The largest absolute Gasteiger partial charge is 0.490 e. The number of carboxylic acids is 1. The highest BCUT2D eigenvalue weighted by atomic mass is 35.5. The van der Waals surface area contributed by atoms with Crippen LogP contribution in [0.15, 0.2) is 0 Å². The number of halogens is 4. The summed E-state index contributed by atoms with van der Waals surface area (Å²) >= 11 is 0. The molecule has 1 atom stereocenters. The maximum Gasteiger partial charge on any atom is 0.490 e. The SMILES string of the molecule is CC(C)(C)C(CCN)OC(N)=O.Cl.O=C(O)C(F)(F)F. The van der Waals surface area contributed by atoms with E-state index in [1.807, 2.05) is 20.8 Å². The van der Waals surface area contributed by atoms with Crippen molar-refractivity contribution in [3.8, 4) is 0 Å². The van der Waals surface area contributed by atoms with Gasteiger partial charge in [0.1, 0.15) is 6.10 Å². The maximum absolute atomic E-state index is 10.6. The fourth-order valence-electron chi connectivity index (χ4n) is 0.960. The van der Waals surface area contributed by atoms with Gasteiger partial charge < -0.3 is 21.3 Å². The Balaban J connectivity index is -0.000000312. The van der Waals surface area contributed by atoms with Gasteiger partial charge in [0.25, 0.3) is 0 Å². The van der Waals surface area contributed by atoms with Gasteiger partial charge in [-0.1, -0.05) is 20.8 Å². The van der Waals surface area contributed by atoms with Crippen molar-refractivity contribution in [3.05, 3.63) is 0 Å². The Morgan fingerprint density at radius 3 is 1.75 bits per heavy atom. The summed E-state index contributed by atoms with van der Waals surface area (Å²) in [6.45, 7) is 6.44. The highest BCUT2D eigenvalue weighted by Gasteiger charge is 2.38. The predicted octanol–water partition coefficient (Wildman–Crippen LogP) is 1.90. The van der Waals surface area contributed by atoms with Gasteiger partial charge >= 0.3 is 18.2 Å². The number of ether oxygens (including phenoxy) is 1. The van der Waals surface area contributed by atoms with E-state index in [-0.39, 0.29) is 23.9 Å². The van der Waals surface area contributed by atoms with Crippen molar-refractivity contribution in [3.63, 3.8) is 0 Å². The summed E-state index contributed by atoms with van der Waals surface area (Å²) in [4.78, 5) is 19.4. The molecule has 0 heterocycles.